The number of nitrogens with one attached hydrogen (secondary N) is 2. The minimum Gasteiger partial charge on any atom is -0.325 e. The molecule has 0 saturated carbocycles. The van der Waals surface area contributed by atoms with E-state index in [1.54, 1.807) is 0 Å². The number of aromatic nitrogens is 2. The van der Waals surface area contributed by atoms with Gasteiger partial charge in [-0.15, -0.1) is 0 Å². The largest absolute Gasteiger partial charge is 0.325 e. The predicted octanol–water partition coefficient (Wildman–Crippen LogP) is 1.81. The maximum Gasteiger partial charge on any atom is 0.251 e. The van der Waals surface area contributed by atoms with Gasteiger partial charge in [0.05, 0.1) is 5.75 Å². The molecule has 2 N–H and O–H groups in total. The Hall–Kier alpha value is -2.08. The van der Waals surface area contributed by atoms with Crippen LogP contribution >= 0.6 is 11.8 Å². The lowest BCUT2D eigenvalue weighted by Gasteiger charge is -2.05. The third-order valence-corrected chi connectivity index (χ3v) is 3.18. The van der Waals surface area contributed by atoms with Gasteiger partial charge in [-0.05, 0) is 24.6 Å². The molecule has 0 radical (unpaired) electrons. The lowest BCUT2D eigenvalue weighted by molar-refractivity contribution is -0.113. The van der Waals surface area contributed by atoms with Crippen LogP contribution < -0.4 is 10.9 Å². The topological polar surface area (TPSA) is 74.8 Å². The number of aromatic amines is 1. The minimum absolute atomic E-state index is 0.137. The molecular formula is C13H13N3O2S. The van der Waals surface area contributed by atoms with Gasteiger partial charge in [0.2, 0.25) is 5.91 Å². The number of hydrogen-bond acceptors (Lipinski definition) is 4. The summed E-state index contributed by atoms with van der Waals surface area (Å²) in [5.41, 5.74) is 1.62. The van der Waals surface area contributed by atoms with Crippen LogP contribution in [0.4, 0.5) is 5.69 Å². The summed E-state index contributed by atoms with van der Waals surface area (Å²) in [5.74, 6) is 0.0584. The van der Waals surface area contributed by atoms with Gasteiger partial charge in [0.1, 0.15) is 0 Å². The third-order valence-electron chi connectivity index (χ3n) is 2.29. The van der Waals surface area contributed by atoms with Crippen LogP contribution in [0, 0.1) is 6.92 Å². The van der Waals surface area contributed by atoms with Gasteiger partial charge in [0.25, 0.3) is 5.56 Å². The molecule has 6 heteroatoms. The zero-order chi connectivity index (χ0) is 13.7. The van der Waals surface area contributed by atoms with Crippen molar-refractivity contribution in [2.75, 3.05) is 11.1 Å². The second kappa shape index (κ2) is 6.19. The minimum atomic E-state index is -0.225. The zero-order valence-electron chi connectivity index (χ0n) is 10.3. The van der Waals surface area contributed by atoms with E-state index >= 15 is 0 Å². The van der Waals surface area contributed by atoms with E-state index in [4.69, 9.17) is 0 Å². The molecule has 0 spiro atoms. The zero-order valence-corrected chi connectivity index (χ0v) is 11.2. The van der Waals surface area contributed by atoms with Crippen LogP contribution in [0.3, 0.4) is 0 Å². The van der Waals surface area contributed by atoms with Crippen LogP contribution in [-0.4, -0.2) is 21.6 Å². The predicted molar refractivity (Wildman–Crippen MR) is 75.4 cm³/mol. The van der Waals surface area contributed by atoms with Gasteiger partial charge in [-0.2, -0.15) is 0 Å². The first kappa shape index (κ1) is 13.4. The van der Waals surface area contributed by atoms with Crippen LogP contribution in [0.5, 0.6) is 0 Å². The Labute approximate surface area is 114 Å². The van der Waals surface area contributed by atoms with E-state index in [0.717, 1.165) is 11.3 Å². The van der Waals surface area contributed by atoms with Crippen molar-refractivity contribution in [1.82, 2.24) is 9.97 Å². The number of benzene rings is 1. The molecule has 0 bridgehead atoms. The van der Waals surface area contributed by atoms with E-state index in [1.165, 1.54) is 24.0 Å². The number of rotatable bonds is 4. The van der Waals surface area contributed by atoms with E-state index in [0.29, 0.717) is 5.16 Å². The maximum absolute atomic E-state index is 11.7. The fourth-order valence-corrected chi connectivity index (χ4v) is 2.13. The van der Waals surface area contributed by atoms with E-state index in [1.807, 2.05) is 31.2 Å². The monoisotopic (exact) mass is 275 g/mol. The summed E-state index contributed by atoms with van der Waals surface area (Å²) in [6.45, 7) is 1.96. The van der Waals surface area contributed by atoms with Crippen molar-refractivity contribution < 1.29 is 4.79 Å². The summed E-state index contributed by atoms with van der Waals surface area (Å²) in [5, 5.41) is 3.22. The fourth-order valence-electron chi connectivity index (χ4n) is 1.48. The van der Waals surface area contributed by atoms with Crippen molar-refractivity contribution in [1.29, 1.82) is 0 Å². The van der Waals surface area contributed by atoms with E-state index in [9.17, 15) is 9.59 Å². The molecule has 0 unspecified atom stereocenters. The van der Waals surface area contributed by atoms with Crippen molar-refractivity contribution in [3.63, 3.8) is 0 Å². The molecule has 0 atom stereocenters. The molecule has 1 aromatic carbocycles. The number of amides is 1. The number of thioether (sulfide) groups is 1. The third kappa shape index (κ3) is 4.26. The Bertz CT molecular complexity index is 640. The summed E-state index contributed by atoms with van der Waals surface area (Å²) in [4.78, 5) is 29.3. The molecule has 0 saturated heterocycles. The summed E-state index contributed by atoms with van der Waals surface area (Å²) >= 11 is 1.19. The molecule has 0 aliphatic rings. The molecule has 1 amide bonds. The molecule has 2 aromatic rings. The second-order valence-corrected chi connectivity index (χ2v) is 4.91. The lowest BCUT2D eigenvalue weighted by Crippen LogP contribution is -2.15. The van der Waals surface area contributed by atoms with Gasteiger partial charge in [0, 0.05) is 18.0 Å². The SMILES string of the molecule is Cc1cccc(NC(=O)CSc2nccc(=O)[nH]2)c1. The van der Waals surface area contributed by atoms with Crippen molar-refractivity contribution in [3.8, 4) is 0 Å². The van der Waals surface area contributed by atoms with E-state index in [-0.39, 0.29) is 17.2 Å². The molecular weight excluding hydrogens is 262 g/mol. The summed E-state index contributed by atoms with van der Waals surface area (Å²) in [6.07, 6.45) is 1.42. The molecule has 19 heavy (non-hydrogen) atoms. The highest BCUT2D eigenvalue weighted by atomic mass is 32.2. The van der Waals surface area contributed by atoms with Gasteiger partial charge < -0.3 is 10.3 Å². The molecule has 1 aromatic heterocycles. The highest BCUT2D eigenvalue weighted by Gasteiger charge is 2.05. The Morgan fingerprint density at radius 1 is 1.42 bits per heavy atom. The van der Waals surface area contributed by atoms with Gasteiger partial charge in [0.15, 0.2) is 5.16 Å². The molecule has 0 aliphatic heterocycles. The molecule has 5 nitrogen and oxygen atoms in total. The van der Waals surface area contributed by atoms with Crippen LogP contribution in [-0.2, 0) is 4.79 Å². The Kier molecular flexibility index (Phi) is 4.35. The highest BCUT2D eigenvalue weighted by molar-refractivity contribution is 7.99. The first-order chi connectivity index (χ1) is 9.13. The van der Waals surface area contributed by atoms with Crippen molar-refractivity contribution in [2.24, 2.45) is 0 Å². The standard InChI is InChI=1S/C13H13N3O2S/c1-9-3-2-4-10(7-9)15-12(18)8-19-13-14-6-5-11(17)16-13/h2-7H,8H2,1H3,(H,15,18)(H,14,16,17). The fraction of sp³-hybridized carbons (Fsp3) is 0.154. The molecule has 0 fully saturated rings. The Balaban J connectivity index is 1.90. The van der Waals surface area contributed by atoms with Crippen molar-refractivity contribution in [3.05, 3.63) is 52.4 Å². The smallest absolute Gasteiger partial charge is 0.251 e. The normalized spacial score (nSPS) is 10.2. The van der Waals surface area contributed by atoms with Gasteiger partial charge in [-0.3, -0.25) is 9.59 Å². The number of aryl methyl sites for hydroxylation is 1. The number of nitrogens with zero attached hydrogens (tertiary/aromatic N) is 1. The number of hydrogen-bond donors (Lipinski definition) is 2. The van der Waals surface area contributed by atoms with E-state index in [2.05, 4.69) is 15.3 Å². The van der Waals surface area contributed by atoms with Crippen LogP contribution in [0.15, 0.2) is 46.5 Å². The molecule has 2 rings (SSSR count). The number of H-pyrrole nitrogens is 1. The van der Waals surface area contributed by atoms with Gasteiger partial charge in [-0.25, -0.2) is 4.98 Å². The van der Waals surface area contributed by atoms with Crippen LogP contribution in [0.2, 0.25) is 0 Å². The Morgan fingerprint density at radius 2 is 2.26 bits per heavy atom. The summed E-state index contributed by atoms with van der Waals surface area (Å²) in [6, 6.07) is 8.90. The maximum atomic E-state index is 11.7. The second-order valence-electron chi connectivity index (χ2n) is 3.95. The first-order valence-corrected chi connectivity index (χ1v) is 6.67. The van der Waals surface area contributed by atoms with Gasteiger partial charge >= 0.3 is 0 Å². The average Bonchev–Trinajstić information content (AvgIpc) is 2.36. The van der Waals surface area contributed by atoms with Gasteiger partial charge in [-0.1, -0.05) is 23.9 Å². The van der Waals surface area contributed by atoms with Crippen LogP contribution in [0.25, 0.3) is 0 Å². The highest BCUT2D eigenvalue weighted by Crippen LogP contribution is 2.13. The number of anilines is 1. The first-order valence-electron chi connectivity index (χ1n) is 5.68. The summed E-state index contributed by atoms with van der Waals surface area (Å²) < 4.78 is 0. The quantitative estimate of drug-likeness (QED) is 0.659. The average molecular weight is 275 g/mol. The van der Waals surface area contributed by atoms with Crippen molar-refractivity contribution >= 4 is 23.4 Å². The molecule has 98 valence electrons. The van der Waals surface area contributed by atoms with Crippen LogP contribution in [0.1, 0.15) is 5.56 Å². The molecule has 0 aliphatic carbocycles. The lowest BCUT2D eigenvalue weighted by atomic mass is 10.2. The number of carbonyl (C=O) groups excluding carboxylic acids is 1. The molecule has 1 heterocycles. The van der Waals surface area contributed by atoms with E-state index < -0.39 is 0 Å². The summed E-state index contributed by atoms with van der Waals surface area (Å²) in [7, 11) is 0. The van der Waals surface area contributed by atoms with Crippen molar-refractivity contribution in [2.45, 2.75) is 12.1 Å². The number of carbonyl (C=O) groups is 1. The Morgan fingerprint density at radius 3 is 3.00 bits per heavy atom.